The minimum atomic E-state index is -0.103. The molecule has 4 rings (SSSR count). The van der Waals surface area contributed by atoms with Crippen LogP contribution in [0.4, 0.5) is 0 Å². The average molecular weight is 349 g/mol. The Morgan fingerprint density at radius 3 is 2.42 bits per heavy atom. The Morgan fingerprint density at radius 2 is 1.73 bits per heavy atom. The van der Waals surface area contributed by atoms with E-state index in [1.807, 2.05) is 35.2 Å². The largest absolute Gasteiger partial charge is 0.337 e. The van der Waals surface area contributed by atoms with E-state index in [0.29, 0.717) is 31.7 Å². The quantitative estimate of drug-likeness (QED) is 0.856. The molecule has 5 heteroatoms. The van der Waals surface area contributed by atoms with Crippen molar-refractivity contribution in [3.8, 4) is 0 Å². The van der Waals surface area contributed by atoms with Crippen LogP contribution in [0.1, 0.15) is 41.7 Å². The van der Waals surface area contributed by atoms with E-state index in [2.05, 4.69) is 22.0 Å². The number of hydrogen-bond donors (Lipinski definition) is 0. The monoisotopic (exact) mass is 349 g/mol. The number of carbonyl (C=O) groups is 2. The van der Waals surface area contributed by atoms with Crippen LogP contribution in [0.3, 0.4) is 0 Å². The first kappa shape index (κ1) is 16.8. The molecule has 2 amide bonds. The summed E-state index contributed by atoms with van der Waals surface area (Å²) in [5, 5.41) is 0. The second-order valence-electron chi connectivity index (χ2n) is 7.20. The molecule has 2 aliphatic rings. The van der Waals surface area contributed by atoms with Gasteiger partial charge in [-0.25, -0.2) is 0 Å². The summed E-state index contributed by atoms with van der Waals surface area (Å²) in [6.45, 7) is 2.01. The molecule has 1 aromatic carbocycles. The van der Waals surface area contributed by atoms with Crippen LogP contribution < -0.4 is 0 Å². The normalized spacial score (nSPS) is 19.2. The minimum Gasteiger partial charge on any atom is -0.337 e. The van der Waals surface area contributed by atoms with Crippen molar-refractivity contribution in [3.63, 3.8) is 0 Å². The number of likely N-dealkylation sites (tertiary alicyclic amines) is 2. The fourth-order valence-corrected chi connectivity index (χ4v) is 4.19. The lowest BCUT2D eigenvalue weighted by Gasteiger charge is -2.45. The second kappa shape index (κ2) is 6.90. The van der Waals surface area contributed by atoms with Gasteiger partial charge in [-0.05, 0) is 37.0 Å². The molecule has 1 spiro atoms. The third-order valence-electron chi connectivity index (χ3n) is 5.73. The molecule has 0 bridgehead atoms. The predicted molar refractivity (Wildman–Crippen MR) is 98.3 cm³/mol. The van der Waals surface area contributed by atoms with Gasteiger partial charge in [0, 0.05) is 37.8 Å². The van der Waals surface area contributed by atoms with Crippen LogP contribution in [0.15, 0.2) is 54.7 Å². The molecule has 26 heavy (non-hydrogen) atoms. The zero-order chi connectivity index (χ0) is 18.0. The molecular weight excluding hydrogens is 326 g/mol. The van der Waals surface area contributed by atoms with E-state index in [4.69, 9.17) is 0 Å². The number of nitrogens with zero attached hydrogens (tertiary/aromatic N) is 3. The molecule has 134 valence electrons. The summed E-state index contributed by atoms with van der Waals surface area (Å²) in [7, 11) is 0. The molecule has 1 aromatic heterocycles. The van der Waals surface area contributed by atoms with Crippen LogP contribution in [-0.2, 0) is 11.3 Å². The molecule has 2 aliphatic heterocycles. The number of amides is 2. The van der Waals surface area contributed by atoms with Gasteiger partial charge in [0.15, 0.2) is 0 Å². The molecule has 0 aliphatic carbocycles. The van der Waals surface area contributed by atoms with Crippen LogP contribution in [-0.4, -0.2) is 45.2 Å². The molecule has 2 aromatic rings. The average Bonchev–Trinajstić information content (AvgIpc) is 2.99. The molecule has 3 heterocycles. The van der Waals surface area contributed by atoms with Gasteiger partial charge >= 0.3 is 0 Å². The van der Waals surface area contributed by atoms with Gasteiger partial charge in [-0.15, -0.1) is 0 Å². The van der Waals surface area contributed by atoms with Gasteiger partial charge in [-0.3, -0.25) is 14.6 Å². The number of rotatable bonds is 3. The van der Waals surface area contributed by atoms with E-state index in [9.17, 15) is 9.59 Å². The number of carbonyl (C=O) groups excluding carboxylic acids is 2. The van der Waals surface area contributed by atoms with E-state index in [1.165, 1.54) is 0 Å². The van der Waals surface area contributed by atoms with Crippen molar-refractivity contribution in [2.45, 2.75) is 37.8 Å². The van der Waals surface area contributed by atoms with Crippen molar-refractivity contribution >= 4 is 11.8 Å². The highest BCUT2D eigenvalue weighted by atomic mass is 16.2. The second-order valence-corrected chi connectivity index (χ2v) is 7.20. The molecular formula is C21H23N3O2. The fourth-order valence-electron chi connectivity index (χ4n) is 4.19. The first-order chi connectivity index (χ1) is 12.7. The van der Waals surface area contributed by atoms with Crippen molar-refractivity contribution in [1.29, 1.82) is 0 Å². The number of aromatic nitrogens is 1. The van der Waals surface area contributed by atoms with E-state index in [-0.39, 0.29) is 17.4 Å². The Labute approximate surface area is 153 Å². The summed E-state index contributed by atoms with van der Waals surface area (Å²) >= 11 is 0. The highest BCUT2D eigenvalue weighted by molar-refractivity contribution is 5.92. The maximum absolute atomic E-state index is 12.6. The van der Waals surface area contributed by atoms with Gasteiger partial charge in [-0.1, -0.05) is 36.4 Å². The maximum atomic E-state index is 12.6. The van der Waals surface area contributed by atoms with Crippen LogP contribution >= 0.6 is 0 Å². The Morgan fingerprint density at radius 1 is 1.00 bits per heavy atom. The molecule has 2 saturated heterocycles. The van der Waals surface area contributed by atoms with Crippen molar-refractivity contribution in [1.82, 2.24) is 14.8 Å². The van der Waals surface area contributed by atoms with Crippen LogP contribution in [0.5, 0.6) is 0 Å². The Bertz CT molecular complexity index is 783. The Kier molecular flexibility index (Phi) is 4.45. The van der Waals surface area contributed by atoms with Crippen molar-refractivity contribution < 1.29 is 9.59 Å². The summed E-state index contributed by atoms with van der Waals surface area (Å²) in [5.74, 6) is 0.220. The molecule has 5 nitrogen and oxygen atoms in total. The SMILES string of the molecule is O=C(c1ccccn1)N1CCC2(CCC(=O)N2Cc2ccccc2)CC1. The number of hydrogen-bond acceptors (Lipinski definition) is 3. The van der Waals surface area contributed by atoms with E-state index < -0.39 is 0 Å². The van der Waals surface area contributed by atoms with E-state index >= 15 is 0 Å². The molecule has 2 fully saturated rings. The first-order valence-corrected chi connectivity index (χ1v) is 9.23. The van der Waals surface area contributed by atoms with Crippen LogP contribution in [0.25, 0.3) is 0 Å². The summed E-state index contributed by atoms with van der Waals surface area (Å²) in [6.07, 6.45) is 4.83. The summed E-state index contributed by atoms with van der Waals surface area (Å²) in [6, 6.07) is 15.6. The van der Waals surface area contributed by atoms with E-state index in [1.54, 1.807) is 12.3 Å². The van der Waals surface area contributed by atoms with Crippen molar-refractivity contribution in [3.05, 3.63) is 66.0 Å². The van der Waals surface area contributed by atoms with Gasteiger partial charge in [0.2, 0.25) is 5.91 Å². The third-order valence-corrected chi connectivity index (χ3v) is 5.73. The summed E-state index contributed by atoms with van der Waals surface area (Å²) in [5.41, 5.74) is 1.55. The highest BCUT2D eigenvalue weighted by Gasteiger charge is 2.47. The van der Waals surface area contributed by atoms with Crippen LogP contribution in [0.2, 0.25) is 0 Å². The lowest BCUT2D eigenvalue weighted by atomic mass is 9.84. The third kappa shape index (κ3) is 3.09. The lowest BCUT2D eigenvalue weighted by Crippen LogP contribution is -2.53. The topological polar surface area (TPSA) is 53.5 Å². The van der Waals surface area contributed by atoms with Gasteiger partial charge in [0.1, 0.15) is 5.69 Å². The van der Waals surface area contributed by atoms with Gasteiger partial charge < -0.3 is 9.80 Å². The minimum absolute atomic E-state index is 0.0145. The summed E-state index contributed by atoms with van der Waals surface area (Å²) < 4.78 is 0. The first-order valence-electron chi connectivity index (χ1n) is 9.23. The predicted octanol–water partition coefficient (Wildman–Crippen LogP) is 2.88. The number of piperidine rings is 1. The Hall–Kier alpha value is -2.69. The molecule has 0 atom stereocenters. The molecule has 0 N–H and O–H groups in total. The zero-order valence-corrected chi connectivity index (χ0v) is 14.8. The van der Waals surface area contributed by atoms with E-state index in [0.717, 1.165) is 24.8 Å². The lowest BCUT2D eigenvalue weighted by molar-refractivity contribution is -0.133. The number of benzene rings is 1. The zero-order valence-electron chi connectivity index (χ0n) is 14.8. The maximum Gasteiger partial charge on any atom is 0.272 e. The summed E-state index contributed by atoms with van der Waals surface area (Å²) in [4.78, 5) is 33.2. The molecule has 0 radical (unpaired) electrons. The number of pyridine rings is 1. The molecule has 0 saturated carbocycles. The van der Waals surface area contributed by atoms with Crippen molar-refractivity contribution in [2.24, 2.45) is 0 Å². The van der Waals surface area contributed by atoms with Gasteiger partial charge in [0.05, 0.1) is 0 Å². The Balaban J connectivity index is 1.46. The standard InChI is InChI=1S/C21H23N3O2/c25-19-9-10-21(24(19)16-17-6-2-1-3-7-17)11-14-23(15-12-21)20(26)18-8-4-5-13-22-18/h1-8,13H,9-12,14-16H2. The van der Waals surface area contributed by atoms with Gasteiger partial charge in [0.25, 0.3) is 5.91 Å². The van der Waals surface area contributed by atoms with Crippen molar-refractivity contribution in [2.75, 3.05) is 13.1 Å². The fraction of sp³-hybridized carbons (Fsp3) is 0.381. The van der Waals surface area contributed by atoms with Gasteiger partial charge in [-0.2, -0.15) is 0 Å². The van der Waals surface area contributed by atoms with Crippen LogP contribution in [0, 0.1) is 0 Å². The molecule has 0 unspecified atom stereocenters. The highest BCUT2D eigenvalue weighted by Crippen LogP contribution is 2.40. The smallest absolute Gasteiger partial charge is 0.272 e.